The first-order valence-electron chi connectivity index (χ1n) is 5.88. The van der Waals surface area contributed by atoms with Crippen LogP contribution in [-0.2, 0) is 12.8 Å². The number of hydrogen-bond donors (Lipinski definition) is 1. The molecule has 94 valence electrons. The van der Waals surface area contributed by atoms with Crippen molar-refractivity contribution in [2.24, 2.45) is 5.73 Å². The fourth-order valence-electron chi connectivity index (χ4n) is 1.94. The van der Waals surface area contributed by atoms with Crippen LogP contribution in [0.25, 0.3) is 0 Å². The number of halogens is 2. The molecule has 2 aromatic carbocycles. The van der Waals surface area contributed by atoms with E-state index in [1.807, 2.05) is 24.3 Å². The summed E-state index contributed by atoms with van der Waals surface area (Å²) < 4.78 is 12.8. The zero-order valence-corrected chi connectivity index (χ0v) is 10.7. The second-order valence-electron chi connectivity index (χ2n) is 4.39. The number of hydrogen-bond acceptors (Lipinski definition) is 1. The van der Waals surface area contributed by atoms with Crippen molar-refractivity contribution in [2.45, 2.75) is 18.9 Å². The normalized spacial score (nSPS) is 12.4. The first-order valence-corrected chi connectivity index (χ1v) is 6.26. The third kappa shape index (κ3) is 3.56. The summed E-state index contributed by atoms with van der Waals surface area (Å²) in [6, 6.07) is 14.1. The molecular weight excluding hydrogens is 249 g/mol. The fourth-order valence-corrected chi connectivity index (χ4v) is 2.15. The molecule has 0 saturated carbocycles. The topological polar surface area (TPSA) is 26.0 Å². The van der Waals surface area contributed by atoms with Crippen LogP contribution in [0.3, 0.4) is 0 Å². The van der Waals surface area contributed by atoms with E-state index in [-0.39, 0.29) is 11.9 Å². The van der Waals surface area contributed by atoms with E-state index in [0.29, 0.717) is 6.42 Å². The zero-order chi connectivity index (χ0) is 13.0. The highest BCUT2D eigenvalue weighted by molar-refractivity contribution is 6.31. The predicted molar refractivity (Wildman–Crippen MR) is 73.2 cm³/mol. The second kappa shape index (κ2) is 5.98. The lowest BCUT2D eigenvalue weighted by Crippen LogP contribution is -2.25. The molecule has 1 nitrogen and oxygen atoms in total. The molecule has 0 spiro atoms. The summed E-state index contributed by atoms with van der Waals surface area (Å²) in [7, 11) is 0. The van der Waals surface area contributed by atoms with Gasteiger partial charge in [-0.3, -0.25) is 0 Å². The van der Waals surface area contributed by atoms with Crippen LogP contribution in [0.5, 0.6) is 0 Å². The highest BCUT2D eigenvalue weighted by Crippen LogP contribution is 2.17. The molecular formula is C15H15ClFN. The Hall–Kier alpha value is -1.38. The van der Waals surface area contributed by atoms with Crippen LogP contribution >= 0.6 is 11.6 Å². The van der Waals surface area contributed by atoms with E-state index < -0.39 is 0 Å². The summed E-state index contributed by atoms with van der Waals surface area (Å²) >= 11 is 6.09. The molecule has 0 fully saturated rings. The van der Waals surface area contributed by atoms with Gasteiger partial charge in [-0.1, -0.05) is 41.9 Å². The van der Waals surface area contributed by atoms with Gasteiger partial charge in [0.1, 0.15) is 5.82 Å². The van der Waals surface area contributed by atoms with E-state index in [4.69, 9.17) is 17.3 Å². The van der Waals surface area contributed by atoms with Gasteiger partial charge in [-0.05, 0) is 42.2 Å². The van der Waals surface area contributed by atoms with Gasteiger partial charge in [0.2, 0.25) is 0 Å². The summed E-state index contributed by atoms with van der Waals surface area (Å²) in [4.78, 5) is 0. The molecule has 18 heavy (non-hydrogen) atoms. The summed E-state index contributed by atoms with van der Waals surface area (Å²) in [5.41, 5.74) is 8.18. The number of nitrogens with two attached hydrogens (primary N) is 1. The zero-order valence-electron chi connectivity index (χ0n) is 9.94. The standard InChI is InChI=1S/C15H15ClFN/c16-15-4-2-1-3-12(15)10-14(18)9-11-5-7-13(17)8-6-11/h1-8,14H,9-10,18H2. The van der Waals surface area contributed by atoms with Crippen LogP contribution in [0.4, 0.5) is 4.39 Å². The van der Waals surface area contributed by atoms with E-state index in [9.17, 15) is 4.39 Å². The highest BCUT2D eigenvalue weighted by Gasteiger charge is 2.08. The quantitative estimate of drug-likeness (QED) is 0.896. The van der Waals surface area contributed by atoms with Gasteiger partial charge >= 0.3 is 0 Å². The van der Waals surface area contributed by atoms with Crippen molar-refractivity contribution in [3.8, 4) is 0 Å². The minimum atomic E-state index is -0.224. The van der Waals surface area contributed by atoms with E-state index in [1.165, 1.54) is 12.1 Å². The monoisotopic (exact) mass is 263 g/mol. The fraction of sp³-hybridized carbons (Fsp3) is 0.200. The summed E-state index contributed by atoms with van der Waals surface area (Å²) in [5.74, 6) is -0.224. The summed E-state index contributed by atoms with van der Waals surface area (Å²) in [6.07, 6.45) is 1.43. The minimum absolute atomic E-state index is 0.0182. The van der Waals surface area contributed by atoms with E-state index in [0.717, 1.165) is 22.6 Å². The molecule has 0 aromatic heterocycles. The smallest absolute Gasteiger partial charge is 0.123 e. The Kier molecular flexibility index (Phi) is 4.34. The molecule has 2 N–H and O–H groups in total. The van der Waals surface area contributed by atoms with E-state index in [2.05, 4.69) is 0 Å². The maximum atomic E-state index is 12.8. The minimum Gasteiger partial charge on any atom is -0.327 e. The Labute approximate surface area is 111 Å². The third-order valence-electron chi connectivity index (χ3n) is 2.85. The average molecular weight is 264 g/mol. The second-order valence-corrected chi connectivity index (χ2v) is 4.79. The molecule has 2 aromatic rings. The van der Waals surface area contributed by atoms with Crippen molar-refractivity contribution in [1.82, 2.24) is 0 Å². The first-order chi connectivity index (χ1) is 8.65. The molecule has 0 aliphatic heterocycles. The van der Waals surface area contributed by atoms with Crippen molar-refractivity contribution < 1.29 is 4.39 Å². The van der Waals surface area contributed by atoms with E-state index in [1.54, 1.807) is 12.1 Å². The lowest BCUT2D eigenvalue weighted by molar-refractivity contribution is 0.623. The molecule has 0 amide bonds. The maximum absolute atomic E-state index is 12.8. The van der Waals surface area contributed by atoms with Gasteiger partial charge in [0, 0.05) is 11.1 Å². The molecule has 2 rings (SSSR count). The Balaban J connectivity index is 1.99. The lowest BCUT2D eigenvalue weighted by atomic mass is 10.00. The lowest BCUT2D eigenvalue weighted by Gasteiger charge is -2.12. The molecule has 0 aliphatic carbocycles. The largest absolute Gasteiger partial charge is 0.327 e. The Bertz CT molecular complexity index is 510. The van der Waals surface area contributed by atoms with E-state index >= 15 is 0 Å². The van der Waals surface area contributed by atoms with Crippen LogP contribution in [0, 0.1) is 5.82 Å². The maximum Gasteiger partial charge on any atom is 0.123 e. The third-order valence-corrected chi connectivity index (χ3v) is 3.22. The first kappa shape index (κ1) is 13.1. The van der Waals surface area contributed by atoms with Crippen molar-refractivity contribution in [3.05, 3.63) is 70.5 Å². The van der Waals surface area contributed by atoms with Crippen LogP contribution in [0.1, 0.15) is 11.1 Å². The molecule has 1 unspecified atom stereocenters. The van der Waals surface area contributed by atoms with Crippen molar-refractivity contribution in [2.75, 3.05) is 0 Å². The Morgan fingerprint density at radius 1 is 1.00 bits per heavy atom. The van der Waals surface area contributed by atoms with Gasteiger partial charge < -0.3 is 5.73 Å². The average Bonchev–Trinajstić information content (AvgIpc) is 2.35. The molecule has 0 saturated heterocycles. The van der Waals surface area contributed by atoms with Gasteiger partial charge in [0.05, 0.1) is 0 Å². The van der Waals surface area contributed by atoms with Crippen LogP contribution in [0.15, 0.2) is 48.5 Å². The van der Waals surface area contributed by atoms with Gasteiger partial charge in [0.25, 0.3) is 0 Å². The molecule has 0 aliphatic rings. The Morgan fingerprint density at radius 2 is 1.67 bits per heavy atom. The van der Waals surface area contributed by atoms with Crippen molar-refractivity contribution >= 4 is 11.6 Å². The highest BCUT2D eigenvalue weighted by atomic mass is 35.5. The molecule has 0 radical (unpaired) electrons. The summed E-state index contributed by atoms with van der Waals surface area (Å²) in [6.45, 7) is 0. The van der Waals surface area contributed by atoms with Crippen LogP contribution in [-0.4, -0.2) is 6.04 Å². The number of rotatable bonds is 4. The molecule has 1 atom stereocenters. The van der Waals surface area contributed by atoms with Crippen molar-refractivity contribution in [1.29, 1.82) is 0 Å². The van der Waals surface area contributed by atoms with Gasteiger partial charge in [-0.25, -0.2) is 4.39 Å². The number of benzene rings is 2. The molecule has 3 heteroatoms. The van der Waals surface area contributed by atoms with Gasteiger partial charge in [-0.2, -0.15) is 0 Å². The molecule has 0 bridgehead atoms. The van der Waals surface area contributed by atoms with Crippen LogP contribution < -0.4 is 5.73 Å². The van der Waals surface area contributed by atoms with Gasteiger partial charge in [0.15, 0.2) is 0 Å². The predicted octanol–water partition coefficient (Wildman–Crippen LogP) is 3.59. The SMILES string of the molecule is NC(Cc1ccc(F)cc1)Cc1ccccc1Cl. The summed E-state index contributed by atoms with van der Waals surface area (Å²) in [5, 5.41) is 0.743. The Morgan fingerprint density at radius 3 is 2.33 bits per heavy atom. The van der Waals surface area contributed by atoms with Crippen molar-refractivity contribution in [3.63, 3.8) is 0 Å². The van der Waals surface area contributed by atoms with Gasteiger partial charge in [-0.15, -0.1) is 0 Å². The molecule has 0 heterocycles. The van der Waals surface area contributed by atoms with Crippen LogP contribution in [0.2, 0.25) is 5.02 Å².